The predicted molar refractivity (Wildman–Crippen MR) is 82.4 cm³/mol. The summed E-state index contributed by atoms with van der Waals surface area (Å²) in [5, 5.41) is 4.41. The molecule has 1 saturated heterocycles. The molecule has 0 aromatic heterocycles. The molecule has 7 nitrogen and oxygen atoms in total. The summed E-state index contributed by atoms with van der Waals surface area (Å²) in [6.07, 6.45) is 0.483. The molecule has 1 heterocycles. The number of nitrogens with zero attached hydrogens (tertiary/aromatic N) is 2. The lowest BCUT2D eigenvalue weighted by atomic mass is 10.2. The van der Waals surface area contributed by atoms with Gasteiger partial charge in [0.2, 0.25) is 11.8 Å². The molecule has 0 saturated carbocycles. The summed E-state index contributed by atoms with van der Waals surface area (Å²) >= 11 is 0. The minimum Gasteiger partial charge on any atom is -0.341 e. The lowest BCUT2D eigenvalue weighted by Gasteiger charge is -2.23. The molecule has 2 N–H and O–H groups in total. The van der Waals surface area contributed by atoms with Crippen LogP contribution >= 0.6 is 0 Å². The number of hydrogen-bond acceptors (Lipinski definition) is 4. The molecular weight excluding hydrogens is 303 g/mol. The number of hydrogen-bond donors (Lipinski definition) is 2. The van der Waals surface area contributed by atoms with Crippen LogP contribution in [-0.4, -0.2) is 56.0 Å². The third kappa shape index (κ3) is 3.84. The van der Waals surface area contributed by atoms with Crippen LogP contribution in [0.2, 0.25) is 0 Å². The standard InChI is InChI=1S/C15H19FN4O3/c1-17-15(23)18-13(21)9-19(2)12-7-8-20(14(12)22)11-6-4-3-5-10(11)16/h3-6,12H,7-9H2,1-2H3,(H2,17,18,21,23)/t12-/m1/s1. The van der Waals surface area contributed by atoms with Crippen LogP contribution in [0.3, 0.4) is 0 Å². The Morgan fingerprint density at radius 1 is 1.39 bits per heavy atom. The first-order valence-electron chi connectivity index (χ1n) is 7.21. The highest BCUT2D eigenvalue weighted by Gasteiger charge is 2.36. The topological polar surface area (TPSA) is 81.8 Å². The van der Waals surface area contributed by atoms with Gasteiger partial charge in [-0.25, -0.2) is 9.18 Å². The summed E-state index contributed by atoms with van der Waals surface area (Å²) in [5.41, 5.74) is 0.239. The molecule has 23 heavy (non-hydrogen) atoms. The van der Waals surface area contributed by atoms with Crippen molar-refractivity contribution in [3.05, 3.63) is 30.1 Å². The first-order chi connectivity index (χ1) is 10.9. The van der Waals surface area contributed by atoms with Crippen molar-refractivity contribution in [3.8, 4) is 0 Å². The van der Waals surface area contributed by atoms with Crippen LogP contribution in [0.4, 0.5) is 14.9 Å². The summed E-state index contributed by atoms with van der Waals surface area (Å²) < 4.78 is 13.8. The number of likely N-dealkylation sites (N-methyl/N-ethyl adjacent to an activating group) is 1. The van der Waals surface area contributed by atoms with E-state index >= 15 is 0 Å². The van der Waals surface area contributed by atoms with Crippen LogP contribution in [0.15, 0.2) is 24.3 Å². The molecule has 124 valence electrons. The van der Waals surface area contributed by atoms with Gasteiger partial charge in [-0.1, -0.05) is 12.1 Å². The van der Waals surface area contributed by atoms with Crippen molar-refractivity contribution in [1.29, 1.82) is 0 Å². The average Bonchev–Trinajstić information content (AvgIpc) is 2.89. The van der Waals surface area contributed by atoms with Gasteiger partial charge in [0.15, 0.2) is 0 Å². The lowest BCUT2D eigenvalue weighted by molar-refractivity contribution is -0.124. The Kier molecular flexibility index (Phi) is 5.28. The quantitative estimate of drug-likeness (QED) is 0.836. The highest BCUT2D eigenvalue weighted by atomic mass is 19.1. The molecule has 8 heteroatoms. The van der Waals surface area contributed by atoms with Gasteiger partial charge in [-0.3, -0.25) is 19.8 Å². The molecule has 1 atom stereocenters. The van der Waals surface area contributed by atoms with Gasteiger partial charge in [0, 0.05) is 13.6 Å². The lowest BCUT2D eigenvalue weighted by Crippen LogP contribution is -2.47. The van der Waals surface area contributed by atoms with Gasteiger partial charge in [-0.05, 0) is 25.6 Å². The number of carbonyl (C=O) groups excluding carboxylic acids is 3. The van der Waals surface area contributed by atoms with Crippen LogP contribution < -0.4 is 15.5 Å². The van der Waals surface area contributed by atoms with Crippen LogP contribution in [0.25, 0.3) is 0 Å². The number of nitrogens with one attached hydrogen (secondary N) is 2. The number of benzene rings is 1. The Balaban J connectivity index is 2.00. The molecule has 0 bridgehead atoms. The van der Waals surface area contributed by atoms with Crippen molar-refractivity contribution in [2.45, 2.75) is 12.5 Å². The summed E-state index contributed by atoms with van der Waals surface area (Å²) in [6, 6.07) is 4.95. The van der Waals surface area contributed by atoms with Crippen molar-refractivity contribution in [2.24, 2.45) is 0 Å². The zero-order valence-corrected chi connectivity index (χ0v) is 13.0. The number of halogens is 1. The molecule has 0 unspecified atom stereocenters. The molecule has 2 rings (SSSR count). The normalized spacial score (nSPS) is 17.5. The fraction of sp³-hybridized carbons (Fsp3) is 0.400. The maximum absolute atomic E-state index is 13.8. The number of imide groups is 1. The number of anilines is 1. The third-order valence-corrected chi connectivity index (χ3v) is 3.73. The molecule has 4 amide bonds. The van der Waals surface area contributed by atoms with Crippen molar-refractivity contribution < 1.29 is 18.8 Å². The zero-order chi connectivity index (χ0) is 17.0. The summed E-state index contributed by atoms with van der Waals surface area (Å²) in [6.45, 7) is 0.279. The number of urea groups is 1. The maximum atomic E-state index is 13.8. The van der Waals surface area contributed by atoms with Crippen molar-refractivity contribution in [1.82, 2.24) is 15.5 Å². The van der Waals surface area contributed by atoms with E-state index in [9.17, 15) is 18.8 Å². The molecule has 1 aliphatic rings. The Bertz CT molecular complexity index is 622. The van der Waals surface area contributed by atoms with Gasteiger partial charge < -0.3 is 10.2 Å². The largest absolute Gasteiger partial charge is 0.341 e. The second kappa shape index (κ2) is 7.19. The second-order valence-corrected chi connectivity index (χ2v) is 5.29. The summed E-state index contributed by atoms with van der Waals surface area (Å²) in [4.78, 5) is 38.2. The van der Waals surface area contributed by atoms with Crippen molar-refractivity contribution >= 4 is 23.5 Å². The monoisotopic (exact) mass is 322 g/mol. The van der Waals surface area contributed by atoms with Crippen LogP contribution in [0.5, 0.6) is 0 Å². The van der Waals surface area contributed by atoms with Gasteiger partial charge >= 0.3 is 6.03 Å². The number of rotatable bonds is 4. The Labute approximate surface area is 133 Å². The van der Waals surface area contributed by atoms with Gasteiger partial charge in [0.25, 0.3) is 0 Å². The Hall–Kier alpha value is -2.48. The van der Waals surface area contributed by atoms with E-state index in [0.29, 0.717) is 13.0 Å². The number of para-hydroxylation sites is 1. The van der Waals surface area contributed by atoms with Crippen LogP contribution in [0.1, 0.15) is 6.42 Å². The van der Waals surface area contributed by atoms with Gasteiger partial charge in [-0.15, -0.1) is 0 Å². The predicted octanol–water partition coefficient (Wildman–Crippen LogP) is 0.318. The molecule has 1 fully saturated rings. The van der Waals surface area contributed by atoms with E-state index in [2.05, 4.69) is 10.6 Å². The molecule has 0 radical (unpaired) electrons. The molecule has 0 aliphatic carbocycles. The summed E-state index contributed by atoms with van der Waals surface area (Å²) in [5.74, 6) is -1.23. The first kappa shape index (κ1) is 16.9. The van der Waals surface area contributed by atoms with Gasteiger partial charge in [0.1, 0.15) is 5.82 Å². The zero-order valence-electron chi connectivity index (χ0n) is 13.0. The number of amides is 4. The molecule has 1 aliphatic heterocycles. The van der Waals surface area contributed by atoms with Gasteiger partial charge in [-0.2, -0.15) is 0 Å². The van der Waals surface area contributed by atoms with E-state index < -0.39 is 23.8 Å². The van der Waals surface area contributed by atoms with E-state index in [1.165, 1.54) is 18.0 Å². The minimum absolute atomic E-state index is 0.102. The van der Waals surface area contributed by atoms with E-state index in [-0.39, 0.29) is 18.1 Å². The maximum Gasteiger partial charge on any atom is 0.321 e. The first-order valence-corrected chi connectivity index (χ1v) is 7.21. The Morgan fingerprint density at radius 2 is 2.09 bits per heavy atom. The minimum atomic E-state index is -0.603. The number of carbonyl (C=O) groups is 3. The SMILES string of the molecule is CNC(=O)NC(=O)CN(C)[C@@H]1CCN(c2ccccc2F)C1=O. The van der Waals surface area contributed by atoms with Crippen LogP contribution in [-0.2, 0) is 9.59 Å². The van der Waals surface area contributed by atoms with E-state index in [1.807, 2.05) is 0 Å². The summed E-state index contributed by atoms with van der Waals surface area (Å²) in [7, 11) is 3.02. The van der Waals surface area contributed by atoms with E-state index in [4.69, 9.17) is 0 Å². The average molecular weight is 322 g/mol. The molecular formula is C15H19FN4O3. The fourth-order valence-electron chi connectivity index (χ4n) is 2.55. The van der Waals surface area contributed by atoms with Crippen molar-refractivity contribution in [3.63, 3.8) is 0 Å². The van der Waals surface area contributed by atoms with Crippen LogP contribution in [0, 0.1) is 5.82 Å². The fourth-order valence-corrected chi connectivity index (χ4v) is 2.55. The highest BCUT2D eigenvalue weighted by Crippen LogP contribution is 2.26. The highest BCUT2D eigenvalue weighted by molar-refractivity contribution is 6.00. The third-order valence-electron chi connectivity index (χ3n) is 3.73. The molecule has 1 aromatic carbocycles. The van der Waals surface area contributed by atoms with Crippen molar-refractivity contribution in [2.75, 3.05) is 32.1 Å². The van der Waals surface area contributed by atoms with E-state index in [1.54, 1.807) is 30.1 Å². The molecule has 1 aromatic rings. The molecule has 0 spiro atoms. The smallest absolute Gasteiger partial charge is 0.321 e. The second-order valence-electron chi connectivity index (χ2n) is 5.29. The van der Waals surface area contributed by atoms with Gasteiger partial charge in [0.05, 0.1) is 18.3 Å². The van der Waals surface area contributed by atoms with E-state index in [0.717, 1.165) is 0 Å². The Morgan fingerprint density at radius 3 is 2.74 bits per heavy atom.